The van der Waals surface area contributed by atoms with E-state index in [4.69, 9.17) is 61.0 Å². The zero-order chi connectivity index (χ0) is 68.2. The summed E-state index contributed by atoms with van der Waals surface area (Å²) in [7, 11) is -9.46. The van der Waals surface area contributed by atoms with E-state index in [-0.39, 0.29) is 30.0 Å². The maximum absolute atomic E-state index is 14.5. The van der Waals surface area contributed by atoms with Crippen LogP contribution in [0.3, 0.4) is 0 Å². The second-order valence-corrected chi connectivity index (χ2v) is 30.8. The van der Waals surface area contributed by atoms with Gasteiger partial charge in [0.1, 0.15) is 115 Å². The van der Waals surface area contributed by atoms with Crippen LogP contribution in [-0.4, -0.2) is 275 Å². The lowest BCUT2D eigenvalue weighted by atomic mass is 9.41. The third-order valence-corrected chi connectivity index (χ3v) is 23.1. The van der Waals surface area contributed by atoms with Crippen molar-refractivity contribution in [3.8, 4) is 0 Å². The predicted molar refractivity (Wildman–Crippen MR) is 308 cm³/mol. The van der Waals surface area contributed by atoms with Gasteiger partial charge < -0.3 is 108 Å². The van der Waals surface area contributed by atoms with E-state index in [0.29, 0.717) is 44.4 Å². The average Bonchev–Trinajstić information content (AvgIpc) is 1.52. The Morgan fingerprint density at radius 1 is 0.656 bits per heavy atom. The molecule has 10 aliphatic rings. The van der Waals surface area contributed by atoms with Crippen molar-refractivity contribution in [2.75, 3.05) is 33.5 Å². The summed E-state index contributed by atoms with van der Waals surface area (Å²) in [5, 5.41) is 112. The van der Waals surface area contributed by atoms with E-state index in [1.807, 2.05) is 20.8 Å². The number of rotatable bonds is 21. The fourth-order valence-electron chi connectivity index (χ4n) is 17.5. The molecule has 4 aliphatic carbocycles. The minimum atomic E-state index is -5.31. The van der Waals surface area contributed by atoms with E-state index in [0.717, 1.165) is 20.0 Å². The minimum Gasteiger partial charge on any atom is -0.458 e. The molecule has 12 N–H and O–H groups in total. The number of aliphatic hydroxyl groups excluding tert-OH is 10. The molecule has 0 bridgehead atoms. The van der Waals surface area contributed by atoms with Gasteiger partial charge >= 0.3 is 26.8 Å². The average molecular weight is 1380 g/mol. The SMILES string of the molecule is CO[C@H]1[C@H](O)[C@@H](O[C@H]2[C@H](O)[C@@H](O[C@@H]3[C@@H](O)[C@H](O[C@H]4OC[C@H](O)[C@@H](O)[C@@H]4O)[C@@H](O[C@@H]4[C@@H](O[C@@H]5CC[C@]6(C)C7=CC[C@@]89C(=O)O[C@@](C)(CCCC(C)C)[C@@H]8C(=O)C[C@]9(C)[C@H]7CC[C@H]6C5(C)C)OC[C@H](OS(=O)(=O)O)[C@H]4O)O[C@H]3C)O[C@@H](COS(=O)(=O)O)[C@@H]2O)O[C@@H](CO)[C@@H]1O. The summed E-state index contributed by atoms with van der Waals surface area (Å²) < 4.78 is 149. The number of esters is 1. The molecule has 1 spiro atoms. The molecule has 3 saturated carbocycles. The van der Waals surface area contributed by atoms with Crippen LogP contribution in [0.5, 0.6) is 0 Å². The zero-order valence-corrected chi connectivity index (χ0v) is 54.9. The first-order valence-corrected chi connectivity index (χ1v) is 34.6. The molecule has 534 valence electrons. The van der Waals surface area contributed by atoms with Crippen LogP contribution in [-0.2, 0) is 95.6 Å². The number of hydrogen-bond donors (Lipinski definition) is 12. The number of ketones is 1. The first-order chi connectivity index (χ1) is 43.4. The van der Waals surface area contributed by atoms with Crippen molar-refractivity contribution in [1.82, 2.24) is 0 Å². The maximum atomic E-state index is 14.5. The van der Waals surface area contributed by atoms with Gasteiger partial charge in [-0.1, -0.05) is 59.6 Å². The van der Waals surface area contributed by atoms with Crippen LogP contribution in [0.4, 0.5) is 0 Å². The molecule has 34 heteroatoms. The minimum absolute atomic E-state index is 0.0490. The highest BCUT2D eigenvalue weighted by Crippen LogP contribution is 2.75. The van der Waals surface area contributed by atoms with Crippen molar-refractivity contribution in [3.63, 3.8) is 0 Å². The summed E-state index contributed by atoms with van der Waals surface area (Å²) in [6.45, 7) is 12.4. The van der Waals surface area contributed by atoms with Crippen molar-refractivity contribution in [2.45, 2.75) is 266 Å². The van der Waals surface area contributed by atoms with Crippen molar-refractivity contribution >= 4 is 32.6 Å². The van der Waals surface area contributed by atoms with Gasteiger partial charge in [-0.3, -0.25) is 18.7 Å². The van der Waals surface area contributed by atoms with Crippen molar-refractivity contribution in [1.29, 1.82) is 0 Å². The van der Waals surface area contributed by atoms with Crippen LogP contribution < -0.4 is 0 Å². The van der Waals surface area contributed by atoms with Gasteiger partial charge in [-0.25, -0.2) is 8.37 Å². The van der Waals surface area contributed by atoms with Crippen molar-refractivity contribution in [2.24, 2.45) is 45.3 Å². The normalized spacial score (nSPS) is 49.3. The highest BCUT2D eigenvalue weighted by atomic mass is 32.3. The first-order valence-electron chi connectivity index (χ1n) is 31.8. The number of aliphatic hydroxyl groups is 10. The van der Waals surface area contributed by atoms with E-state index in [1.165, 1.54) is 12.5 Å². The molecular weight excluding hydrogens is 1280 g/mol. The maximum Gasteiger partial charge on any atom is 0.397 e. The standard InChI is InChI=1S/C59H94O32S2/c1-24(2)11-10-16-58(8)48-28(61)19-57(7)27-12-13-33-55(4,5)34(15-17-56(33,6)26(27)14-18-59(48,57)54(71)90-58)85-52-46(38(66)32(22-80-52)91-93(75,76)77)89-53-47(88-49-39(67)35(63)29(62)21-79-49)40(68)43(25(3)82-53)86-51-42(70)45(37(65)31(84-51)23-81-92(72,73)74)87-50-41(69)44(78-9)36(64)30(20-60)83-50/h14,24-25,27,29-53,60,62-70H,10-13,15-23H2,1-9H3,(H,72,73,74)(H,75,76,77)/t25-,27-,29-,30-,31-,32-,33-,34+,35+,36-,37-,38+,39-,40+,41-,42-,43-,44+,45+,46-,47-,48-,49+,50+,51+,52+,53+,56+,57+,58-,59-/m0/s1. The topological polar surface area (TPSA) is 474 Å². The second-order valence-electron chi connectivity index (χ2n) is 28.7. The Hall–Kier alpha value is -2.22. The Bertz CT molecular complexity index is 2920. The molecule has 9 fully saturated rings. The molecule has 93 heavy (non-hydrogen) atoms. The molecule has 0 aromatic carbocycles. The van der Waals surface area contributed by atoms with E-state index in [9.17, 15) is 86.6 Å². The van der Waals surface area contributed by atoms with Crippen LogP contribution in [0.25, 0.3) is 0 Å². The predicted octanol–water partition coefficient (Wildman–Crippen LogP) is -2.01. The smallest absolute Gasteiger partial charge is 0.397 e. The lowest BCUT2D eigenvalue weighted by molar-refractivity contribution is -0.403. The molecule has 32 nitrogen and oxygen atoms in total. The molecule has 6 aliphatic heterocycles. The molecule has 0 aromatic rings. The van der Waals surface area contributed by atoms with Crippen LogP contribution in [0, 0.1) is 45.3 Å². The van der Waals surface area contributed by atoms with Gasteiger partial charge in [-0.2, -0.15) is 16.8 Å². The number of hydrogen-bond acceptors (Lipinski definition) is 30. The summed E-state index contributed by atoms with van der Waals surface area (Å²) in [6, 6.07) is 0. The molecule has 10 rings (SSSR count). The highest BCUT2D eigenvalue weighted by molar-refractivity contribution is 7.81. The lowest BCUT2D eigenvalue weighted by Crippen LogP contribution is -2.68. The molecule has 0 radical (unpaired) electrons. The van der Waals surface area contributed by atoms with Gasteiger partial charge in [-0.05, 0) is 92.8 Å². The first kappa shape index (κ1) is 73.5. The molecule has 0 unspecified atom stereocenters. The summed E-state index contributed by atoms with van der Waals surface area (Å²) in [4.78, 5) is 29.0. The summed E-state index contributed by atoms with van der Waals surface area (Å²) in [6.07, 6.45) is -37.0. The second kappa shape index (κ2) is 27.4. The van der Waals surface area contributed by atoms with E-state index in [2.05, 4.69) is 38.0 Å². The number of methoxy groups -OCH3 is 1. The zero-order valence-electron chi connectivity index (χ0n) is 53.3. The number of fused-ring (bicyclic) bond motifs is 4. The number of carbonyl (C=O) groups excluding carboxylic acids is 2. The van der Waals surface area contributed by atoms with Gasteiger partial charge in [0.15, 0.2) is 31.5 Å². The number of Topliss-reactive ketones (excluding diaryl/α,β-unsaturated/α-hetero) is 1. The number of ether oxygens (including phenoxy) is 12. The monoisotopic (exact) mass is 1380 g/mol. The Kier molecular flexibility index (Phi) is 21.6. The Morgan fingerprint density at radius 3 is 1.91 bits per heavy atom. The summed E-state index contributed by atoms with van der Waals surface area (Å²) in [5.74, 6) is -0.643. The fourth-order valence-corrected chi connectivity index (χ4v) is 18.3. The van der Waals surface area contributed by atoms with Crippen molar-refractivity contribution < 1.29 is 152 Å². The number of cyclic esters (lactones) is 1. The molecule has 6 saturated heterocycles. The Labute approximate surface area is 539 Å². The van der Waals surface area contributed by atoms with Gasteiger partial charge in [0.25, 0.3) is 0 Å². The molecule has 31 atom stereocenters. The lowest BCUT2D eigenvalue weighted by Gasteiger charge is -2.63. The third-order valence-electron chi connectivity index (χ3n) is 22.2. The van der Waals surface area contributed by atoms with Gasteiger partial charge in [-0.15, -0.1) is 0 Å². The Morgan fingerprint density at radius 2 is 1.27 bits per heavy atom. The quantitative estimate of drug-likeness (QED) is 0.0256. The highest BCUT2D eigenvalue weighted by Gasteiger charge is 2.79. The van der Waals surface area contributed by atoms with Gasteiger partial charge in [0, 0.05) is 13.5 Å². The van der Waals surface area contributed by atoms with Gasteiger partial charge in [0.2, 0.25) is 0 Å². The third kappa shape index (κ3) is 13.6. The van der Waals surface area contributed by atoms with Gasteiger partial charge in [0.05, 0.1) is 50.0 Å². The van der Waals surface area contributed by atoms with Crippen LogP contribution in [0.1, 0.15) is 113 Å². The van der Waals surface area contributed by atoms with Crippen LogP contribution in [0.15, 0.2) is 11.6 Å². The van der Waals surface area contributed by atoms with E-state index >= 15 is 0 Å². The molecule has 0 aromatic heterocycles. The van der Waals surface area contributed by atoms with E-state index in [1.54, 1.807) is 0 Å². The largest absolute Gasteiger partial charge is 0.458 e. The number of carbonyl (C=O) groups is 2. The van der Waals surface area contributed by atoms with Crippen LogP contribution in [0.2, 0.25) is 0 Å². The summed E-state index contributed by atoms with van der Waals surface area (Å²) >= 11 is 0. The molecule has 6 heterocycles. The van der Waals surface area contributed by atoms with Crippen molar-refractivity contribution in [3.05, 3.63) is 11.6 Å². The molecule has 0 amide bonds. The fraction of sp³-hybridized carbons (Fsp3) is 0.932. The Balaban J connectivity index is 0.918. The number of allylic oxidation sites excluding steroid dienone is 2. The molecular formula is C59H94O32S2. The summed E-state index contributed by atoms with van der Waals surface area (Å²) in [5.41, 5.74) is -2.72. The van der Waals surface area contributed by atoms with Crippen LogP contribution >= 0.6 is 0 Å². The van der Waals surface area contributed by atoms with E-state index < -0.39 is 228 Å².